The predicted molar refractivity (Wildman–Crippen MR) is 75.7 cm³/mol. The second-order valence-corrected chi connectivity index (χ2v) is 5.08. The second kappa shape index (κ2) is 6.75. The third-order valence-electron chi connectivity index (χ3n) is 3.14. The number of rotatable bonds is 7. The Morgan fingerprint density at radius 2 is 1.74 bits per heavy atom. The molecule has 0 unspecified atom stereocenters. The number of hydrogen-bond donors (Lipinski definition) is 1. The van der Waals surface area contributed by atoms with Gasteiger partial charge in [-0.25, -0.2) is 4.39 Å². The van der Waals surface area contributed by atoms with Gasteiger partial charge in [-0.1, -0.05) is 0 Å². The third-order valence-corrected chi connectivity index (χ3v) is 3.14. The summed E-state index contributed by atoms with van der Waals surface area (Å²) in [5, 5.41) is 0. The fourth-order valence-corrected chi connectivity index (χ4v) is 2.08. The highest BCUT2D eigenvalue weighted by atomic mass is 19.1. The third kappa shape index (κ3) is 4.10. The Kier molecular flexibility index (Phi) is 5.60. The number of aryl methyl sites for hydroxylation is 1. The fourth-order valence-electron chi connectivity index (χ4n) is 2.08. The number of halogens is 1. The SMILES string of the molecule is COc1cc(OC)c(C(C)(C)F)cc1CCCCN. The van der Waals surface area contributed by atoms with Crippen LogP contribution < -0.4 is 15.2 Å². The molecule has 1 rings (SSSR count). The zero-order valence-electron chi connectivity index (χ0n) is 12.3. The van der Waals surface area contributed by atoms with Crippen molar-refractivity contribution in [2.75, 3.05) is 20.8 Å². The van der Waals surface area contributed by atoms with E-state index in [1.165, 1.54) is 21.0 Å². The molecule has 19 heavy (non-hydrogen) atoms. The molecule has 0 radical (unpaired) electrons. The predicted octanol–water partition coefficient (Wildman–Crippen LogP) is 3.19. The zero-order chi connectivity index (χ0) is 14.5. The van der Waals surface area contributed by atoms with Crippen LogP contribution >= 0.6 is 0 Å². The molecule has 0 aliphatic heterocycles. The summed E-state index contributed by atoms with van der Waals surface area (Å²) in [7, 11) is 3.15. The van der Waals surface area contributed by atoms with E-state index in [-0.39, 0.29) is 0 Å². The summed E-state index contributed by atoms with van der Waals surface area (Å²) in [6, 6.07) is 3.60. The van der Waals surface area contributed by atoms with Gasteiger partial charge in [-0.3, -0.25) is 0 Å². The maximum absolute atomic E-state index is 14.2. The molecule has 0 heterocycles. The number of ether oxygens (including phenoxy) is 2. The quantitative estimate of drug-likeness (QED) is 0.773. The Bertz CT molecular complexity index is 413. The van der Waals surface area contributed by atoms with Crippen LogP contribution in [0.1, 0.15) is 37.8 Å². The molecule has 0 aromatic heterocycles. The van der Waals surface area contributed by atoms with E-state index in [1.807, 2.05) is 6.07 Å². The fraction of sp³-hybridized carbons (Fsp3) is 0.600. The largest absolute Gasteiger partial charge is 0.496 e. The van der Waals surface area contributed by atoms with Crippen LogP contribution in [0.5, 0.6) is 11.5 Å². The summed E-state index contributed by atoms with van der Waals surface area (Å²) in [6.07, 6.45) is 2.74. The number of benzene rings is 1. The lowest BCUT2D eigenvalue weighted by Gasteiger charge is -2.21. The molecule has 0 aliphatic carbocycles. The first-order valence-electron chi connectivity index (χ1n) is 6.58. The lowest BCUT2D eigenvalue weighted by molar-refractivity contribution is 0.213. The molecule has 0 amide bonds. The second-order valence-electron chi connectivity index (χ2n) is 5.08. The summed E-state index contributed by atoms with van der Waals surface area (Å²) in [4.78, 5) is 0. The van der Waals surface area contributed by atoms with Crippen LogP contribution in [0.15, 0.2) is 12.1 Å². The van der Waals surface area contributed by atoms with E-state index in [9.17, 15) is 4.39 Å². The van der Waals surface area contributed by atoms with Crippen molar-refractivity contribution in [1.29, 1.82) is 0 Å². The lowest BCUT2D eigenvalue weighted by Crippen LogP contribution is -2.12. The van der Waals surface area contributed by atoms with Crippen molar-refractivity contribution in [2.45, 2.75) is 38.8 Å². The van der Waals surface area contributed by atoms with E-state index in [2.05, 4.69) is 0 Å². The van der Waals surface area contributed by atoms with Crippen molar-refractivity contribution in [2.24, 2.45) is 5.73 Å². The van der Waals surface area contributed by atoms with Crippen LogP contribution in [-0.2, 0) is 12.1 Å². The number of methoxy groups -OCH3 is 2. The van der Waals surface area contributed by atoms with Gasteiger partial charge in [0.2, 0.25) is 0 Å². The molecule has 2 N–H and O–H groups in total. The van der Waals surface area contributed by atoms with E-state index < -0.39 is 5.67 Å². The van der Waals surface area contributed by atoms with E-state index in [1.54, 1.807) is 13.2 Å². The first-order chi connectivity index (χ1) is 8.93. The molecular formula is C15H24FNO2. The Balaban J connectivity index is 3.14. The van der Waals surface area contributed by atoms with Crippen LogP contribution in [-0.4, -0.2) is 20.8 Å². The highest BCUT2D eigenvalue weighted by Gasteiger charge is 2.25. The number of unbranched alkanes of at least 4 members (excludes halogenated alkanes) is 1. The Hall–Kier alpha value is -1.29. The van der Waals surface area contributed by atoms with Gasteiger partial charge in [-0.05, 0) is 51.3 Å². The van der Waals surface area contributed by atoms with E-state index in [0.717, 1.165) is 30.6 Å². The van der Waals surface area contributed by atoms with E-state index in [0.29, 0.717) is 17.9 Å². The summed E-state index contributed by atoms with van der Waals surface area (Å²) >= 11 is 0. The normalized spacial score (nSPS) is 11.5. The first kappa shape index (κ1) is 15.8. The Labute approximate surface area is 114 Å². The van der Waals surface area contributed by atoms with Crippen LogP contribution in [0.3, 0.4) is 0 Å². The van der Waals surface area contributed by atoms with Gasteiger partial charge >= 0.3 is 0 Å². The minimum Gasteiger partial charge on any atom is -0.496 e. The van der Waals surface area contributed by atoms with Crippen LogP contribution in [0, 0.1) is 0 Å². The highest BCUT2D eigenvalue weighted by Crippen LogP contribution is 2.38. The smallest absolute Gasteiger partial charge is 0.134 e. The summed E-state index contributed by atoms with van der Waals surface area (Å²) in [5.41, 5.74) is 5.60. The van der Waals surface area contributed by atoms with Crippen molar-refractivity contribution in [3.8, 4) is 11.5 Å². The summed E-state index contributed by atoms with van der Waals surface area (Å²) < 4.78 is 24.8. The van der Waals surface area contributed by atoms with Crippen molar-refractivity contribution < 1.29 is 13.9 Å². The van der Waals surface area contributed by atoms with Gasteiger partial charge in [0.25, 0.3) is 0 Å². The minimum atomic E-state index is -1.44. The first-order valence-corrected chi connectivity index (χ1v) is 6.58. The molecule has 3 nitrogen and oxygen atoms in total. The van der Waals surface area contributed by atoms with Gasteiger partial charge in [0.05, 0.1) is 14.2 Å². The van der Waals surface area contributed by atoms with Gasteiger partial charge in [0, 0.05) is 11.6 Å². The molecule has 0 aliphatic rings. The summed E-state index contributed by atoms with van der Waals surface area (Å²) in [6.45, 7) is 3.72. The average Bonchev–Trinajstić information content (AvgIpc) is 2.37. The maximum atomic E-state index is 14.2. The maximum Gasteiger partial charge on any atom is 0.134 e. The summed E-state index contributed by atoms with van der Waals surface area (Å²) in [5.74, 6) is 1.26. The van der Waals surface area contributed by atoms with Gasteiger partial charge in [0.1, 0.15) is 17.2 Å². The topological polar surface area (TPSA) is 44.5 Å². The van der Waals surface area contributed by atoms with Crippen LogP contribution in [0.2, 0.25) is 0 Å². The lowest BCUT2D eigenvalue weighted by atomic mass is 9.94. The van der Waals surface area contributed by atoms with Crippen molar-refractivity contribution >= 4 is 0 Å². The van der Waals surface area contributed by atoms with Gasteiger partial charge in [0.15, 0.2) is 0 Å². The molecule has 0 atom stereocenters. The van der Waals surface area contributed by atoms with Crippen LogP contribution in [0.25, 0.3) is 0 Å². The molecule has 0 fully saturated rings. The molecule has 0 saturated carbocycles. The monoisotopic (exact) mass is 269 g/mol. The highest BCUT2D eigenvalue weighted by molar-refractivity contribution is 5.48. The average molecular weight is 269 g/mol. The molecule has 0 spiro atoms. The van der Waals surface area contributed by atoms with Crippen molar-refractivity contribution in [1.82, 2.24) is 0 Å². The molecule has 4 heteroatoms. The number of hydrogen-bond acceptors (Lipinski definition) is 3. The number of alkyl halides is 1. The molecule has 1 aromatic carbocycles. The van der Waals surface area contributed by atoms with Crippen molar-refractivity contribution in [3.05, 3.63) is 23.3 Å². The minimum absolute atomic E-state index is 0.520. The Morgan fingerprint density at radius 1 is 1.11 bits per heavy atom. The van der Waals surface area contributed by atoms with Crippen molar-refractivity contribution in [3.63, 3.8) is 0 Å². The van der Waals surface area contributed by atoms with Gasteiger partial charge < -0.3 is 15.2 Å². The Morgan fingerprint density at radius 3 is 2.21 bits per heavy atom. The molecular weight excluding hydrogens is 245 g/mol. The van der Waals surface area contributed by atoms with E-state index in [4.69, 9.17) is 15.2 Å². The van der Waals surface area contributed by atoms with E-state index >= 15 is 0 Å². The van der Waals surface area contributed by atoms with Crippen LogP contribution in [0.4, 0.5) is 4.39 Å². The molecule has 1 aromatic rings. The van der Waals surface area contributed by atoms with Gasteiger partial charge in [-0.2, -0.15) is 0 Å². The molecule has 108 valence electrons. The zero-order valence-corrected chi connectivity index (χ0v) is 12.3. The van der Waals surface area contributed by atoms with Gasteiger partial charge in [-0.15, -0.1) is 0 Å². The molecule has 0 bridgehead atoms. The standard InChI is InChI=1S/C15H24FNO2/c1-15(2,16)12-9-11(7-5-6-8-17)13(18-3)10-14(12)19-4/h9-10H,5-8,17H2,1-4H3. The number of nitrogens with two attached hydrogens (primary N) is 1. The molecule has 0 saturated heterocycles.